The van der Waals surface area contributed by atoms with Crippen molar-refractivity contribution in [3.8, 4) is 5.75 Å². The molecule has 2 aliphatic rings. The smallest absolute Gasteiger partial charge is 0.151 e. The highest BCUT2D eigenvalue weighted by Crippen LogP contribution is 2.24. The summed E-state index contributed by atoms with van der Waals surface area (Å²) in [4.78, 5) is 0. The largest absolute Gasteiger partial charge is 0.490 e. The number of nitrogens with one attached hydrogen (secondary N) is 1. The lowest BCUT2D eigenvalue weighted by atomic mass is 9.98. The molecule has 3 rings (SSSR count). The van der Waals surface area contributed by atoms with Crippen LogP contribution < -0.4 is 10.1 Å². The Morgan fingerprint density at radius 1 is 1.09 bits per heavy atom. The monoisotopic (exact) mass is 337 g/mol. The van der Waals surface area contributed by atoms with E-state index < -0.39 is 9.84 Å². The normalized spacial score (nSPS) is 25.1. The van der Waals surface area contributed by atoms with Gasteiger partial charge in [-0.2, -0.15) is 0 Å². The zero-order chi connectivity index (χ0) is 16.1. The minimum atomic E-state index is -2.85. The van der Waals surface area contributed by atoms with Gasteiger partial charge in [0.25, 0.3) is 0 Å². The van der Waals surface area contributed by atoms with Crippen LogP contribution in [0.2, 0.25) is 0 Å². The Labute approximate surface area is 139 Å². The molecular weight excluding hydrogens is 310 g/mol. The molecule has 23 heavy (non-hydrogen) atoms. The quantitative estimate of drug-likeness (QED) is 0.897. The van der Waals surface area contributed by atoms with Crippen LogP contribution in [0.1, 0.15) is 50.5 Å². The van der Waals surface area contributed by atoms with Gasteiger partial charge in [-0.1, -0.05) is 18.6 Å². The van der Waals surface area contributed by atoms with E-state index in [1.807, 2.05) is 12.1 Å². The van der Waals surface area contributed by atoms with E-state index in [9.17, 15) is 8.42 Å². The molecule has 1 aromatic carbocycles. The predicted octanol–water partition coefficient (Wildman–Crippen LogP) is 3.06. The third kappa shape index (κ3) is 5.21. The van der Waals surface area contributed by atoms with Crippen LogP contribution in [-0.4, -0.2) is 32.1 Å². The first-order chi connectivity index (χ1) is 11.1. The first-order valence-electron chi connectivity index (χ1n) is 8.80. The summed E-state index contributed by atoms with van der Waals surface area (Å²) in [5.74, 6) is 1.55. The fourth-order valence-electron chi connectivity index (χ4n) is 3.55. The molecule has 5 heteroatoms. The first-order valence-corrected chi connectivity index (χ1v) is 10.6. The molecule has 4 nitrogen and oxygen atoms in total. The van der Waals surface area contributed by atoms with E-state index in [4.69, 9.17) is 4.74 Å². The second-order valence-corrected chi connectivity index (χ2v) is 9.09. The van der Waals surface area contributed by atoms with Gasteiger partial charge in [-0.05, 0) is 56.2 Å². The van der Waals surface area contributed by atoms with Crippen molar-refractivity contribution in [3.05, 3.63) is 29.8 Å². The Kier molecular flexibility index (Phi) is 5.59. The molecule has 128 valence electrons. The number of rotatable bonds is 5. The molecule has 2 fully saturated rings. The minimum absolute atomic E-state index is 0.0802. The van der Waals surface area contributed by atoms with Gasteiger partial charge in [-0.3, -0.25) is 0 Å². The molecule has 1 saturated heterocycles. The molecule has 1 saturated carbocycles. The van der Waals surface area contributed by atoms with Gasteiger partial charge in [0.2, 0.25) is 0 Å². The molecule has 0 unspecified atom stereocenters. The van der Waals surface area contributed by atoms with E-state index in [1.54, 1.807) is 0 Å². The zero-order valence-corrected chi connectivity index (χ0v) is 14.5. The Hall–Kier alpha value is -1.07. The lowest BCUT2D eigenvalue weighted by molar-refractivity contribution is 0.155. The van der Waals surface area contributed by atoms with E-state index >= 15 is 0 Å². The van der Waals surface area contributed by atoms with E-state index in [2.05, 4.69) is 17.4 Å². The Morgan fingerprint density at radius 3 is 2.70 bits per heavy atom. The van der Waals surface area contributed by atoms with Gasteiger partial charge in [0.15, 0.2) is 9.84 Å². The van der Waals surface area contributed by atoms with Crippen LogP contribution >= 0.6 is 0 Å². The lowest BCUT2D eigenvalue weighted by Gasteiger charge is -2.24. The maximum absolute atomic E-state index is 11.7. The Bertz CT molecular complexity index is 608. The van der Waals surface area contributed by atoms with E-state index in [0.717, 1.165) is 37.0 Å². The maximum Gasteiger partial charge on any atom is 0.151 e. The van der Waals surface area contributed by atoms with Crippen LogP contribution in [0, 0.1) is 0 Å². The summed E-state index contributed by atoms with van der Waals surface area (Å²) in [5.41, 5.74) is 1.15. The third-order valence-electron chi connectivity index (χ3n) is 4.81. The average Bonchev–Trinajstić information content (AvgIpc) is 2.53. The van der Waals surface area contributed by atoms with Gasteiger partial charge in [0.05, 0.1) is 17.6 Å². The fourth-order valence-corrected chi connectivity index (χ4v) is 5.22. The van der Waals surface area contributed by atoms with Crippen molar-refractivity contribution < 1.29 is 13.2 Å². The molecular formula is C18H27NO3S. The van der Waals surface area contributed by atoms with E-state index in [0.29, 0.717) is 18.4 Å². The topological polar surface area (TPSA) is 55.4 Å². The molecule has 1 aliphatic heterocycles. The molecule has 1 aliphatic carbocycles. The number of hydrogen-bond donors (Lipinski definition) is 1. The van der Waals surface area contributed by atoms with Crippen molar-refractivity contribution >= 4 is 9.84 Å². The standard InChI is InChI=1S/C18H27NO3S/c20-23(21)11-5-7-16(14-23)19-13-15-6-4-10-18(12-15)22-17-8-2-1-3-9-17/h4,6,10,12,16-17,19H,1-3,5,7-9,11,13-14H2/t16-/m1/s1. The zero-order valence-electron chi connectivity index (χ0n) is 13.7. The van der Waals surface area contributed by atoms with Gasteiger partial charge in [-0.25, -0.2) is 8.42 Å². The maximum atomic E-state index is 11.7. The predicted molar refractivity (Wildman–Crippen MR) is 92.5 cm³/mol. The highest BCUT2D eigenvalue weighted by atomic mass is 32.2. The summed E-state index contributed by atoms with van der Waals surface area (Å²) < 4.78 is 29.5. The molecule has 1 N–H and O–H groups in total. The average molecular weight is 337 g/mol. The van der Waals surface area contributed by atoms with Gasteiger partial charge in [0, 0.05) is 12.6 Å². The second-order valence-electron chi connectivity index (χ2n) is 6.86. The Balaban J connectivity index is 1.53. The molecule has 0 aromatic heterocycles. The van der Waals surface area contributed by atoms with Crippen LogP contribution in [0.15, 0.2) is 24.3 Å². The van der Waals surface area contributed by atoms with Crippen LogP contribution in [0.3, 0.4) is 0 Å². The highest BCUT2D eigenvalue weighted by molar-refractivity contribution is 7.91. The van der Waals surface area contributed by atoms with E-state index in [-0.39, 0.29) is 11.8 Å². The van der Waals surface area contributed by atoms with Crippen LogP contribution in [0.5, 0.6) is 5.75 Å². The van der Waals surface area contributed by atoms with Gasteiger partial charge < -0.3 is 10.1 Å². The summed E-state index contributed by atoms with van der Waals surface area (Å²) >= 11 is 0. The Morgan fingerprint density at radius 2 is 1.91 bits per heavy atom. The SMILES string of the molecule is O=S1(=O)CCC[C@@H](NCc2cccc(OC3CCCCC3)c2)C1. The van der Waals surface area contributed by atoms with Crippen molar-refractivity contribution in [3.63, 3.8) is 0 Å². The lowest BCUT2D eigenvalue weighted by Crippen LogP contribution is -2.39. The minimum Gasteiger partial charge on any atom is -0.490 e. The molecule has 0 bridgehead atoms. The van der Waals surface area contributed by atoms with Crippen molar-refractivity contribution in [2.24, 2.45) is 0 Å². The molecule has 1 atom stereocenters. The molecule has 0 spiro atoms. The third-order valence-corrected chi connectivity index (χ3v) is 6.63. The molecule has 0 amide bonds. The van der Waals surface area contributed by atoms with Crippen LogP contribution in [-0.2, 0) is 16.4 Å². The number of ether oxygens (including phenoxy) is 1. The summed E-state index contributed by atoms with van der Waals surface area (Å²) in [6.45, 7) is 0.696. The van der Waals surface area contributed by atoms with Crippen LogP contribution in [0.4, 0.5) is 0 Å². The van der Waals surface area contributed by atoms with Crippen molar-refractivity contribution in [2.75, 3.05) is 11.5 Å². The molecule has 1 aromatic rings. The first kappa shape index (κ1) is 16.8. The van der Waals surface area contributed by atoms with Crippen LogP contribution in [0.25, 0.3) is 0 Å². The van der Waals surface area contributed by atoms with Crippen molar-refractivity contribution in [1.29, 1.82) is 0 Å². The van der Waals surface area contributed by atoms with E-state index in [1.165, 1.54) is 19.3 Å². The summed E-state index contributed by atoms with van der Waals surface area (Å²) in [6, 6.07) is 8.27. The van der Waals surface area contributed by atoms with Crippen molar-refractivity contribution in [2.45, 2.75) is 63.6 Å². The van der Waals surface area contributed by atoms with Gasteiger partial charge in [0.1, 0.15) is 5.75 Å². The summed E-state index contributed by atoms with van der Waals surface area (Å²) in [5, 5.41) is 3.39. The second kappa shape index (κ2) is 7.67. The fraction of sp³-hybridized carbons (Fsp3) is 0.667. The van der Waals surface area contributed by atoms with Crippen molar-refractivity contribution in [1.82, 2.24) is 5.32 Å². The number of hydrogen-bond acceptors (Lipinski definition) is 4. The van der Waals surface area contributed by atoms with Gasteiger partial charge >= 0.3 is 0 Å². The number of benzene rings is 1. The summed E-state index contributed by atoms with van der Waals surface area (Å²) in [6.07, 6.45) is 8.24. The molecule has 0 radical (unpaired) electrons. The molecule has 1 heterocycles. The highest BCUT2D eigenvalue weighted by Gasteiger charge is 2.24. The summed E-state index contributed by atoms with van der Waals surface area (Å²) in [7, 11) is -2.85. The van der Waals surface area contributed by atoms with Gasteiger partial charge in [-0.15, -0.1) is 0 Å². The number of sulfone groups is 1.